The van der Waals surface area contributed by atoms with Crippen LogP contribution in [0.15, 0.2) is 6.20 Å². The molecule has 0 bridgehead atoms. The summed E-state index contributed by atoms with van der Waals surface area (Å²) in [7, 11) is 1.66. The third-order valence-electron chi connectivity index (χ3n) is 2.81. The molecule has 0 radical (unpaired) electrons. The molecule has 0 aliphatic rings. The highest BCUT2D eigenvalue weighted by Crippen LogP contribution is 1.96. The van der Waals surface area contributed by atoms with Gasteiger partial charge >= 0.3 is 0 Å². The van der Waals surface area contributed by atoms with Crippen molar-refractivity contribution in [1.82, 2.24) is 25.6 Å². The number of nitrogens with zero attached hydrogens (tertiary/aromatic N) is 3. The number of nitrogens with one attached hydrogen (secondary N) is 2. The smallest absolute Gasteiger partial charge is 0.242 e. The SMILES string of the molecule is CCCC(C)NC(=O)Cn1cc(CNCCOC)nn1. The highest BCUT2D eigenvalue weighted by atomic mass is 16.5. The van der Waals surface area contributed by atoms with Gasteiger partial charge in [-0.05, 0) is 13.3 Å². The van der Waals surface area contributed by atoms with Gasteiger partial charge in [0.2, 0.25) is 5.91 Å². The van der Waals surface area contributed by atoms with Gasteiger partial charge in [-0.15, -0.1) is 5.10 Å². The second-order valence-electron chi connectivity index (χ2n) is 4.83. The fourth-order valence-corrected chi connectivity index (χ4v) is 1.86. The molecule has 1 unspecified atom stereocenters. The van der Waals surface area contributed by atoms with Gasteiger partial charge in [-0.2, -0.15) is 0 Å². The van der Waals surface area contributed by atoms with Gasteiger partial charge in [-0.25, -0.2) is 4.68 Å². The molecular weight excluding hydrogens is 258 g/mol. The Labute approximate surface area is 120 Å². The summed E-state index contributed by atoms with van der Waals surface area (Å²) in [6.07, 6.45) is 3.82. The third-order valence-corrected chi connectivity index (χ3v) is 2.81. The Morgan fingerprint density at radius 1 is 1.55 bits per heavy atom. The molecule has 20 heavy (non-hydrogen) atoms. The number of hydrogen-bond acceptors (Lipinski definition) is 5. The molecule has 1 amide bonds. The Morgan fingerprint density at radius 2 is 2.35 bits per heavy atom. The number of carbonyl (C=O) groups is 1. The Morgan fingerprint density at radius 3 is 3.05 bits per heavy atom. The van der Waals surface area contributed by atoms with Crippen LogP contribution in [0.2, 0.25) is 0 Å². The summed E-state index contributed by atoms with van der Waals surface area (Å²) in [4.78, 5) is 11.8. The molecule has 1 atom stereocenters. The van der Waals surface area contributed by atoms with Crippen molar-refractivity contribution in [3.05, 3.63) is 11.9 Å². The van der Waals surface area contributed by atoms with Crippen LogP contribution >= 0.6 is 0 Å². The molecule has 0 aliphatic heterocycles. The van der Waals surface area contributed by atoms with E-state index in [-0.39, 0.29) is 18.5 Å². The minimum absolute atomic E-state index is 0.0326. The molecule has 1 heterocycles. The zero-order chi connectivity index (χ0) is 14.8. The summed E-state index contributed by atoms with van der Waals surface area (Å²) in [5.74, 6) is -0.0326. The predicted molar refractivity (Wildman–Crippen MR) is 76.1 cm³/mol. The van der Waals surface area contributed by atoms with Crippen molar-refractivity contribution in [2.75, 3.05) is 20.3 Å². The van der Waals surface area contributed by atoms with Crippen LogP contribution in [0.25, 0.3) is 0 Å². The quantitative estimate of drug-likeness (QED) is 0.604. The second kappa shape index (κ2) is 9.44. The number of aromatic nitrogens is 3. The maximum Gasteiger partial charge on any atom is 0.242 e. The molecule has 0 aliphatic carbocycles. The lowest BCUT2D eigenvalue weighted by Crippen LogP contribution is -2.35. The van der Waals surface area contributed by atoms with Gasteiger partial charge in [0.1, 0.15) is 6.54 Å². The number of carbonyl (C=O) groups excluding carboxylic acids is 1. The van der Waals surface area contributed by atoms with Crippen molar-refractivity contribution in [1.29, 1.82) is 0 Å². The van der Waals surface area contributed by atoms with Crippen LogP contribution in [0.3, 0.4) is 0 Å². The molecule has 2 N–H and O–H groups in total. The molecular formula is C13H25N5O2. The lowest BCUT2D eigenvalue weighted by Gasteiger charge is -2.12. The van der Waals surface area contributed by atoms with Crippen LogP contribution in [0.5, 0.6) is 0 Å². The summed E-state index contributed by atoms with van der Waals surface area (Å²) in [6, 6.07) is 0.200. The number of ether oxygens (including phenoxy) is 1. The van der Waals surface area contributed by atoms with E-state index in [1.165, 1.54) is 0 Å². The summed E-state index contributed by atoms with van der Waals surface area (Å²) >= 11 is 0. The monoisotopic (exact) mass is 283 g/mol. The number of methoxy groups -OCH3 is 1. The first-order valence-corrected chi connectivity index (χ1v) is 7.03. The van der Waals surface area contributed by atoms with Crippen LogP contribution in [-0.2, 0) is 22.6 Å². The molecule has 0 saturated heterocycles. The van der Waals surface area contributed by atoms with Crippen molar-refractivity contribution in [3.8, 4) is 0 Å². The van der Waals surface area contributed by atoms with E-state index in [2.05, 4.69) is 27.9 Å². The van der Waals surface area contributed by atoms with E-state index in [4.69, 9.17) is 4.74 Å². The third kappa shape index (κ3) is 6.63. The van der Waals surface area contributed by atoms with Crippen LogP contribution in [0, 0.1) is 0 Å². The molecule has 7 nitrogen and oxygen atoms in total. The van der Waals surface area contributed by atoms with Gasteiger partial charge in [0.15, 0.2) is 0 Å². The molecule has 0 aromatic carbocycles. The number of amides is 1. The summed E-state index contributed by atoms with van der Waals surface area (Å²) < 4.78 is 6.49. The highest BCUT2D eigenvalue weighted by molar-refractivity contribution is 5.75. The lowest BCUT2D eigenvalue weighted by molar-refractivity contribution is -0.122. The summed E-state index contributed by atoms with van der Waals surface area (Å²) in [5, 5.41) is 14.1. The first-order chi connectivity index (χ1) is 9.65. The van der Waals surface area contributed by atoms with Gasteiger partial charge < -0.3 is 15.4 Å². The zero-order valence-corrected chi connectivity index (χ0v) is 12.6. The predicted octanol–water partition coefficient (Wildman–Crippen LogP) is 0.319. The molecule has 0 fully saturated rings. The summed E-state index contributed by atoms with van der Waals surface area (Å²) in [6.45, 7) is 6.36. The van der Waals surface area contributed by atoms with Crippen molar-refractivity contribution >= 4 is 5.91 Å². The Kier molecular flexibility index (Phi) is 7.82. The molecule has 114 valence electrons. The Balaban J connectivity index is 2.30. The molecule has 0 spiro atoms. The first-order valence-electron chi connectivity index (χ1n) is 7.03. The zero-order valence-electron chi connectivity index (χ0n) is 12.6. The van der Waals surface area contributed by atoms with Crippen LogP contribution in [0.4, 0.5) is 0 Å². The molecule has 1 aromatic heterocycles. The largest absolute Gasteiger partial charge is 0.383 e. The van der Waals surface area contributed by atoms with E-state index in [1.807, 2.05) is 6.92 Å². The summed E-state index contributed by atoms with van der Waals surface area (Å²) in [5.41, 5.74) is 0.815. The van der Waals surface area contributed by atoms with E-state index in [0.29, 0.717) is 13.2 Å². The molecule has 0 saturated carbocycles. The van der Waals surface area contributed by atoms with Gasteiger partial charge in [0, 0.05) is 26.2 Å². The second-order valence-corrected chi connectivity index (χ2v) is 4.83. The Hall–Kier alpha value is -1.47. The van der Waals surface area contributed by atoms with Gasteiger partial charge in [-0.3, -0.25) is 4.79 Å². The van der Waals surface area contributed by atoms with E-state index in [9.17, 15) is 4.79 Å². The van der Waals surface area contributed by atoms with E-state index in [0.717, 1.165) is 25.1 Å². The standard InChI is InChI=1S/C13H25N5O2/c1-4-5-11(2)15-13(19)10-18-9-12(16-17-18)8-14-6-7-20-3/h9,11,14H,4-8,10H2,1-3H3,(H,15,19). The van der Waals surface area contributed by atoms with Crippen molar-refractivity contribution in [3.63, 3.8) is 0 Å². The van der Waals surface area contributed by atoms with Crippen LogP contribution < -0.4 is 10.6 Å². The number of rotatable bonds is 10. The van der Waals surface area contributed by atoms with E-state index >= 15 is 0 Å². The number of hydrogen-bond donors (Lipinski definition) is 2. The fraction of sp³-hybridized carbons (Fsp3) is 0.769. The van der Waals surface area contributed by atoms with Gasteiger partial charge in [-0.1, -0.05) is 18.6 Å². The Bertz CT molecular complexity index is 394. The fourth-order valence-electron chi connectivity index (χ4n) is 1.86. The van der Waals surface area contributed by atoms with E-state index < -0.39 is 0 Å². The van der Waals surface area contributed by atoms with Crippen LogP contribution in [0.1, 0.15) is 32.4 Å². The first kappa shape index (κ1) is 16.6. The average molecular weight is 283 g/mol. The minimum atomic E-state index is -0.0326. The van der Waals surface area contributed by atoms with Gasteiger partial charge in [0.25, 0.3) is 0 Å². The average Bonchev–Trinajstić information content (AvgIpc) is 2.82. The van der Waals surface area contributed by atoms with Crippen molar-refractivity contribution in [2.24, 2.45) is 0 Å². The molecule has 1 aromatic rings. The van der Waals surface area contributed by atoms with Gasteiger partial charge in [0.05, 0.1) is 18.5 Å². The molecule has 1 rings (SSSR count). The highest BCUT2D eigenvalue weighted by Gasteiger charge is 2.08. The van der Waals surface area contributed by atoms with Crippen molar-refractivity contribution in [2.45, 2.75) is 45.8 Å². The van der Waals surface area contributed by atoms with Crippen LogP contribution in [-0.4, -0.2) is 47.2 Å². The topological polar surface area (TPSA) is 81.1 Å². The minimum Gasteiger partial charge on any atom is -0.383 e. The normalized spacial score (nSPS) is 12.3. The van der Waals surface area contributed by atoms with Crippen molar-refractivity contribution < 1.29 is 9.53 Å². The molecule has 7 heteroatoms. The maximum atomic E-state index is 11.8. The van der Waals surface area contributed by atoms with E-state index in [1.54, 1.807) is 18.0 Å². The maximum absolute atomic E-state index is 11.8. The lowest BCUT2D eigenvalue weighted by atomic mass is 10.2.